The van der Waals surface area contributed by atoms with Gasteiger partial charge in [0.05, 0.1) is 0 Å². The van der Waals surface area contributed by atoms with Gasteiger partial charge in [0.2, 0.25) is 0 Å². The largest absolute Gasteiger partial charge is 0.107 e. The average Bonchev–Trinajstić information content (AvgIpc) is 2.73. The van der Waals surface area contributed by atoms with Crippen molar-refractivity contribution in [1.82, 2.24) is 0 Å². The maximum Gasteiger partial charge on any atom is 0.107 e. The molecule has 1 fully saturated rings. The van der Waals surface area contributed by atoms with E-state index in [9.17, 15) is 0 Å². The minimum Gasteiger partial charge on any atom is -0.0955 e. The van der Waals surface area contributed by atoms with E-state index >= 15 is 0 Å². The fourth-order valence-corrected chi connectivity index (χ4v) is 4.16. The fraction of sp³-hybridized carbons (Fsp3) is 0.538. The van der Waals surface area contributed by atoms with Gasteiger partial charge in [0.25, 0.3) is 0 Å². The average molecular weight is 241 g/mol. The number of allylic oxidation sites excluding steroid dienone is 4. The minimum atomic E-state index is 0.516. The van der Waals surface area contributed by atoms with Crippen LogP contribution in [0, 0.1) is 11.8 Å². The highest BCUT2D eigenvalue weighted by molar-refractivity contribution is 6.56. The normalized spacial score (nSPS) is 33.7. The predicted molar refractivity (Wildman–Crippen MR) is 65.0 cm³/mol. The Morgan fingerprint density at radius 2 is 1.87 bits per heavy atom. The third-order valence-corrected chi connectivity index (χ3v) is 4.57. The lowest BCUT2D eigenvalue weighted by Crippen LogP contribution is -2.09. The Balaban J connectivity index is 2.12. The first-order chi connectivity index (χ1) is 7.20. The summed E-state index contributed by atoms with van der Waals surface area (Å²) in [6.45, 7) is 4.20. The SMILES string of the molecule is C=C1CCCC2=C1C1CCC2C1=C(Cl)Cl. The molecule has 80 valence electrons. The summed E-state index contributed by atoms with van der Waals surface area (Å²) in [6.07, 6.45) is 6.12. The maximum absolute atomic E-state index is 6.02. The second-order valence-electron chi connectivity index (χ2n) is 4.79. The molecule has 0 nitrogen and oxygen atoms in total. The van der Waals surface area contributed by atoms with Crippen LogP contribution in [0.25, 0.3) is 0 Å². The second-order valence-corrected chi connectivity index (χ2v) is 5.74. The molecule has 0 heterocycles. The lowest BCUT2D eigenvalue weighted by Gasteiger charge is -2.25. The van der Waals surface area contributed by atoms with Gasteiger partial charge in [-0.25, -0.2) is 0 Å². The lowest BCUT2D eigenvalue weighted by molar-refractivity contribution is 0.590. The third kappa shape index (κ3) is 1.28. The third-order valence-electron chi connectivity index (χ3n) is 4.13. The molecule has 0 aliphatic heterocycles. The van der Waals surface area contributed by atoms with Gasteiger partial charge >= 0.3 is 0 Å². The second kappa shape index (κ2) is 3.40. The molecule has 2 bridgehead atoms. The van der Waals surface area contributed by atoms with E-state index in [0.717, 1.165) is 6.42 Å². The molecule has 0 N–H and O–H groups in total. The summed E-state index contributed by atoms with van der Waals surface area (Å²) in [6, 6.07) is 0. The number of halogens is 2. The van der Waals surface area contributed by atoms with Crippen molar-refractivity contribution in [3.63, 3.8) is 0 Å². The summed E-state index contributed by atoms with van der Waals surface area (Å²) in [5.74, 6) is 1.08. The Kier molecular flexibility index (Phi) is 2.26. The monoisotopic (exact) mass is 240 g/mol. The molecule has 2 heteroatoms. The molecule has 0 radical (unpaired) electrons. The molecule has 3 rings (SSSR count). The first kappa shape index (κ1) is 9.99. The van der Waals surface area contributed by atoms with E-state index in [1.54, 1.807) is 5.57 Å². The van der Waals surface area contributed by atoms with Gasteiger partial charge in [0.1, 0.15) is 4.49 Å². The van der Waals surface area contributed by atoms with E-state index in [1.807, 2.05) is 0 Å². The summed E-state index contributed by atoms with van der Waals surface area (Å²) in [4.78, 5) is 0. The molecule has 3 aliphatic rings. The van der Waals surface area contributed by atoms with E-state index in [1.165, 1.54) is 42.4 Å². The molecule has 0 amide bonds. The first-order valence-electron chi connectivity index (χ1n) is 5.66. The van der Waals surface area contributed by atoms with Crippen molar-refractivity contribution in [2.75, 3.05) is 0 Å². The Hall–Kier alpha value is -0.200. The number of rotatable bonds is 0. The van der Waals surface area contributed by atoms with Crippen molar-refractivity contribution in [1.29, 1.82) is 0 Å². The first-order valence-corrected chi connectivity index (χ1v) is 6.42. The van der Waals surface area contributed by atoms with Gasteiger partial charge in [-0.05, 0) is 43.3 Å². The number of hydrogen-bond acceptors (Lipinski definition) is 0. The summed E-state index contributed by atoms with van der Waals surface area (Å²) in [5, 5.41) is 0. The molecule has 3 aliphatic carbocycles. The maximum atomic E-state index is 6.02. The minimum absolute atomic E-state index is 0.516. The van der Waals surface area contributed by atoms with Gasteiger partial charge in [-0.2, -0.15) is 0 Å². The van der Waals surface area contributed by atoms with E-state index in [4.69, 9.17) is 23.2 Å². The Morgan fingerprint density at radius 3 is 2.53 bits per heavy atom. The molecule has 0 spiro atoms. The molecule has 0 aromatic carbocycles. The molecule has 1 saturated carbocycles. The molecule has 0 saturated heterocycles. The van der Waals surface area contributed by atoms with Crippen molar-refractivity contribution in [3.05, 3.63) is 33.4 Å². The van der Waals surface area contributed by atoms with E-state index in [0.29, 0.717) is 16.3 Å². The van der Waals surface area contributed by atoms with Gasteiger partial charge in [0.15, 0.2) is 0 Å². The van der Waals surface area contributed by atoms with Crippen molar-refractivity contribution in [2.24, 2.45) is 11.8 Å². The summed E-state index contributed by atoms with van der Waals surface area (Å²) < 4.78 is 0.518. The molecular formula is C13H14Cl2. The lowest BCUT2D eigenvalue weighted by atomic mass is 9.80. The van der Waals surface area contributed by atoms with Crippen LogP contribution in [0.5, 0.6) is 0 Å². The molecule has 15 heavy (non-hydrogen) atoms. The topological polar surface area (TPSA) is 0 Å². The van der Waals surface area contributed by atoms with Crippen LogP contribution < -0.4 is 0 Å². The highest BCUT2D eigenvalue weighted by Gasteiger charge is 2.45. The molecule has 0 aromatic heterocycles. The van der Waals surface area contributed by atoms with Gasteiger partial charge in [-0.3, -0.25) is 0 Å². The summed E-state index contributed by atoms with van der Waals surface area (Å²) in [5.41, 5.74) is 5.77. The molecule has 2 atom stereocenters. The van der Waals surface area contributed by atoms with E-state index in [2.05, 4.69) is 6.58 Å². The molecule has 0 aromatic rings. The quantitative estimate of drug-likeness (QED) is 0.574. The zero-order valence-corrected chi connectivity index (χ0v) is 10.2. The van der Waals surface area contributed by atoms with Gasteiger partial charge in [0, 0.05) is 11.8 Å². The van der Waals surface area contributed by atoms with Crippen LogP contribution >= 0.6 is 23.2 Å². The van der Waals surface area contributed by atoms with Crippen LogP contribution in [0.1, 0.15) is 32.1 Å². The zero-order chi connectivity index (χ0) is 10.6. The smallest absolute Gasteiger partial charge is 0.0955 e. The van der Waals surface area contributed by atoms with Crippen LogP contribution in [0.4, 0.5) is 0 Å². The number of fused-ring (bicyclic) bond motifs is 4. The summed E-state index contributed by atoms with van der Waals surface area (Å²) in [7, 11) is 0. The predicted octanol–water partition coefficient (Wildman–Crippen LogP) is 4.75. The highest BCUT2D eigenvalue weighted by atomic mass is 35.5. The van der Waals surface area contributed by atoms with Crippen LogP contribution in [0.3, 0.4) is 0 Å². The van der Waals surface area contributed by atoms with Crippen LogP contribution in [-0.4, -0.2) is 0 Å². The van der Waals surface area contributed by atoms with Gasteiger partial charge < -0.3 is 0 Å². The van der Waals surface area contributed by atoms with Crippen LogP contribution in [0.15, 0.2) is 33.4 Å². The Labute approximate surface area is 101 Å². The molecular weight excluding hydrogens is 227 g/mol. The Morgan fingerprint density at radius 1 is 1.13 bits per heavy atom. The zero-order valence-electron chi connectivity index (χ0n) is 8.65. The van der Waals surface area contributed by atoms with Crippen molar-refractivity contribution >= 4 is 23.2 Å². The van der Waals surface area contributed by atoms with E-state index < -0.39 is 0 Å². The van der Waals surface area contributed by atoms with Crippen molar-refractivity contribution < 1.29 is 0 Å². The Bertz CT molecular complexity index is 397. The summed E-state index contributed by atoms with van der Waals surface area (Å²) >= 11 is 12.0. The van der Waals surface area contributed by atoms with Gasteiger partial charge in [-0.1, -0.05) is 40.9 Å². The van der Waals surface area contributed by atoms with Crippen LogP contribution in [-0.2, 0) is 0 Å². The van der Waals surface area contributed by atoms with Gasteiger partial charge in [-0.15, -0.1) is 0 Å². The van der Waals surface area contributed by atoms with Crippen molar-refractivity contribution in [3.8, 4) is 0 Å². The number of hydrogen-bond donors (Lipinski definition) is 0. The molecule has 2 unspecified atom stereocenters. The fourth-order valence-electron chi connectivity index (χ4n) is 3.63. The standard InChI is InChI=1S/C13H14Cl2/c1-7-3-2-4-8-9-5-6-10(11(7)8)12(9)13(14)15/h9-10H,1-6H2. The van der Waals surface area contributed by atoms with Crippen molar-refractivity contribution in [2.45, 2.75) is 32.1 Å². The van der Waals surface area contributed by atoms with E-state index in [-0.39, 0.29) is 0 Å². The van der Waals surface area contributed by atoms with Crippen LogP contribution in [0.2, 0.25) is 0 Å². The highest BCUT2D eigenvalue weighted by Crippen LogP contribution is 2.59.